The molecule has 0 radical (unpaired) electrons. The van der Waals surface area contributed by atoms with Crippen LogP contribution in [0.25, 0.3) is 10.8 Å². The average molecular weight is 1120 g/mol. The van der Waals surface area contributed by atoms with Gasteiger partial charge < -0.3 is 46.1 Å². The van der Waals surface area contributed by atoms with E-state index in [0.717, 1.165) is 112 Å². The van der Waals surface area contributed by atoms with Crippen LogP contribution in [0.4, 0.5) is 5.69 Å². The number of phenols is 1. The molecule has 3 aliphatic carbocycles. The Kier molecular flexibility index (Phi) is 17.3. The number of aliphatic hydroxyl groups excluding tert-OH is 3. The molecule has 0 amide bonds. The van der Waals surface area contributed by atoms with Crippen molar-refractivity contribution in [3.63, 3.8) is 0 Å². The zero-order valence-corrected chi connectivity index (χ0v) is 48.3. The highest BCUT2D eigenvalue weighted by molar-refractivity contribution is 8.76. The van der Waals surface area contributed by atoms with Crippen LogP contribution in [0.2, 0.25) is 0 Å². The number of phenolic OH excluding ortho intramolecular Hbond substituents is 1. The largest absolute Gasteiger partial charge is 0.504 e. The van der Waals surface area contributed by atoms with E-state index < -0.39 is 53.0 Å². The van der Waals surface area contributed by atoms with Crippen LogP contribution < -0.4 is 20.7 Å². The van der Waals surface area contributed by atoms with Gasteiger partial charge in [-0.3, -0.25) is 9.59 Å². The van der Waals surface area contributed by atoms with Crippen molar-refractivity contribution >= 4 is 49.6 Å². The summed E-state index contributed by atoms with van der Waals surface area (Å²) in [5, 5.41) is 61.9. The van der Waals surface area contributed by atoms with Gasteiger partial charge in [-0.1, -0.05) is 121 Å². The predicted octanol–water partition coefficient (Wildman–Crippen LogP) is 11.0. The maximum Gasteiger partial charge on any atom is 0.173 e. The maximum atomic E-state index is 15.4. The van der Waals surface area contributed by atoms with E-state index in [2.05, 4.69) is 107 Å². The number of aryl methyl sites for hydroxylation is 1. The van der Waals surface area contributed by atoms with E-state index in [1.165, 1.54) is 12.7 Å². The Morgan fingerprint density at radius 2 is 1.74 bits per heavy atom. The van der Waals surface area contributed by atoms with Crippen LogP contribution in [0.3, 0.4) is 0 Å². The Morgan fingerprint density at radius 1 is 0.887 bits per heavy atom. The van der Waals surface area contributed by atoms with Crippen molar-refractivity contribution in [1.82, 2.24) is 15.6 Å². The first-order chi connectivity index (χ1) is 38.8. The van der Waals surface area contributed by atoms with E-state index in [-0.39, 0.29) is 47.5 Å². The van der Waals surface area contributed by atoms with Crippen molar-refractivity contribution in [3.8, 4) is 23.3 Å². The lowest BCUT2D eigenvalue weighted by atomic mass is 9.59. The Hall–Kier alpha value is -5.46. The van der Waals surface area contributed by atoms with Gasteiger partial charge in [0.2, 0.25) is 0 Å². The number of anilines is 1. The minimum absolute atomic E-state index is 0.0221. The summed E-state index contributed by atoms with van der Waals surface area (Å²) in [6, 6.07) is 28.7. The van der Waals surface area contributed by atoms with Crippen LogP contribution in [0.1, 0.15) is 124 Å². The number of aromatic nitrogens is 1. The van der Waals surface area contributed by atoms with Crippen LogP contribution in [-0.2, 0) is 33.3 Å². The van der Waals surface area contributed by atoms with E-state index in [1.54, 1.807) is 12.1 Å². The molecule has 11 nitrogen and oxygen atoms in total. The summed E-state index contributed by atoms with van der Waals surface area (Å²) in [7, 11) is 5.37. The molecule has 0 unspecified atom stereocenters. The Morgan fingerprint density at radius 3 is 2.58 bits per heavy atom. The predicted molar refractivity (Wildman–Crippen MR) is 323 cm³/mol. The van der Waals surface area contributed by atoms with E-state index in [0.29, 0.717) is 51.2 Å². The van der Waals surface area contributed by atoms with Crippen LogP contribution in [-0.4, -0.2) is 93.5 Å². The third-order valence-corrected chi connectivity index (χ3v) is 21.8. The molecule has 12 atom stereocenters. The van der Waals surface area contributed by atoms with Crippen molar-refractivity contribution in [2.75, 3.05) is 43.6 Å². The number of aromatic hydroxyl groups is 1. The number of methoxy groups -OCH3 is 1. The van der Waals surface area contributed by atoms with Gasteiger partial charge in [0.15, 0.2) is 29.2 Å². The van der Waals surface area contributed by atoms with Crippen molar-refractivity contribution in [2.24, 2.45) is 35.5 Å². The normalized spacial score (nSPS) is 31.6. The number of H-pyrrole nitrogens is 1. The highest BCUT2D eigenvalue weighted by Crippen LogP contribution is 2.53. The van der Waals surface area contributed by atoms with Gasteiger partial charge in [0, 0.05) is 77.8 Å². The van der Waals surface area contributed by atoms with Gasteiger partial charge in [-0.2, -0.15) is 0 Å². The first-order valence-electron chi connectivity index (χ1n) is 29.4. The fourth-order valence-electron chi connectivity index (χ4n) is 14.7. The molecule has 0 saturated heterocycles. The van der Waals surface area contributed by atoms with Gasteiger partial charge in [-0.25, -0.2) is 0 Å². The summed E-state index contributed by atoms with van der Waals surface area (Å²) in [5.41, 5.74) is 7.04. The molecular formula is C67H80N4O7S2. The topological polar surface area (TPSA) is 176 Å². The monoisotopic (exact) mass is 1120 g/mol. The quantitative estimate of drug-likeness (QED) is 0.0486. The number of hydrogen-bond acceptors (Lipinski definition) is 12. The number of carbonyl (C=O) groups is 2. The SMILES string of the molecule is CCC[C@@H]1[C@@H]2C[C@H](CC3=CCNC(=C3)Nc3ccc4ccc(cc4c3)C[C@H](O)CNC[C@@]3(C)CSSC[C@H]4CCC[C@](C4)(c4cc3c[nH]4)[C@H]1O)C[C@H]1C#C[C@@H](c3ccccc3)c3cc(O)c(OC)cc3CCC(=O)[C@H](O)C(=O)[C@@H]1C2. The molecule has 3 aliphatic heterocycles. The van der Waals surface area contributed by atoms with Crippen LogP contribution in [0, 0.1) is 47.3 Å². The smallest absolute Gasteiger partial charge is 0.173 e. The maximum absolute atomic E-state index is 15.4. The summed E-state index contributed by atoms with van der Waals surface area (Å²) >= 11 is 0. The second-order valence-electron chi connectivity index (χ2n) is 24.5. The van der Waals surface area contributed by atoms with E-state index in [4.69, 9.17) is 4.74 Å². The van der Waals surface area contributed by atoms with Crippen LogP contribution in [0.15, 0.2) is 115 Å². The number of ketones is 2. The standard InChI is InChI=1S/C67H80N4O7S2/c1-4-9-55-50-27-44(26-47-16-19-54(46-11-6-5-7-12-46)56-34-59(74)60(78-3)32-48(56)17-20-58(73)64(76)63(75)57(47)31-50)24-42-21-23-69-62(29-42)71-52-18-15-45-14-13-41(25-49(45)30-52)28-53(72)37-68-39-66(2)40-80-79-38-43-10-8-22-67(35-43,65(55)77)61-33-51(66)36-70-61/h5-7,11-15,18,21,25,29-30,32-34,36,43-44,47,50,53-55,57,64-65,68-72,74,76-77H,4,8-10,17,20,22-24,26-28,31,35,37-40H2,1-3H3/t43-,44+,47+,50+,53-,54-,55+,57+,64-,65-,66-,67-/m0/s1. The van der Waals surface area contributed by atoms with Crippen LogP contribution in [0.5, 0.6) is 11.5 Å². The fraction of sp³-hybridized carbons (Fsp3) is 0.493. The molecule has 2 saturated carbocycles. The van der Waals surface area contributed by atoms with Gasteiger partial charge in [0.1, 0.15) is 5.82 Å². The Balaban J connectivity index is 1.05. The molecule has 4 aromatic carbocycles. The number of carbonyl (C=O) groups excluding carboxylic acids is 2. The molecule has 422 valence electrons. The number of Topliss-reactive ketones (excluding diaryl/α,β-unsaturated/α-hetero) is 2. The van der Waals surface area contributed by atoms with Gasteiger partial charge in [0.25, 0.3) is 0 Å². The molecule has 1 aromatic heterocycles. The lowest BCUT2D eigenvalue weighted by molar-refractivity contribution is -0.142. The number of benzene rings is 4. The number of dihydropyridines is 1. The first-order valence-corrected chi connectivity index (χ1v) is 31.9. The van der Waals surface area contributed by atoms with E-state index in [1.807, 2.05) is 51.9 Å². The summed E-state index contributed by atoms with van der Waals surface area (Å²) in [5.74, 6) is 7.71. The zero-order valence-electron chi connectivity index (χ0n) is 46.6. The lowest BCUT2D eigenvalue weighted by Gasteiger charge is -2.48. The van der Waals surface area contributed by atoms with Gasteiger partial charge >= 0.3 is 0 Å². The van der Waals surface area contributed by atoms with Crippen LogP contribution >= 0.6 is 21.6 Å². The van der Waals surface area contributed by atoms with Gasteiger partial charge in [0.05, 0.1) is 25.2 Å². The number of allylic oxidation sites excluding steroid dienone is 2. The number of aliphatic hydroxyl groups is 3. The Bertz CT molecular complexity index is 3180. The van der Waals surface area contributed by atoms with Crippen molar-refractivity contribution in [3.05, 3.63) is 148 Å². The van der Waals surface area contributed by atoms with Gasteiger partial charge in [-0.05, 0) is 168 Å². The van der Waals surface area contributed by atoms with E-state index >= 15 is 4.79 Å². The second-order valence-corrected chi connectivity index (χ2v) is 27.0. The molecule has 2 fully saturated rings. The summed E-state index contributed by atoms with van der Waals surface area (Å²) < 4.78 is 5.57. The first kappa shape index (κ1) is 56.4. The number of hydrogen-bond donors (Lipinski definition) is 8. The minimum atomic E-state index is -1.83. The summed E-state index contributed by atoms with van der Waals surface area (Å²) in [6.45, 7) is 6.27. The molecule has 1 spiro atoms. The molecule has 6 aliphatic rings. The molecule has 4 heterocycles. The third kappa shape index (κ3) is 12.0. The van der Waals surface area contributed by atoms with Crippen molar-refractivity contribution in [2.45, 2.75) is 132 Å². The zero-order chi connectivity index (χ0) is 55.5. The second kappa shape index (κ2) is 24.6. The molecule has 80 heavy (non-hydrogen) atoms. The number of ether oxygens (including phenoxy) is 1. The van der Waals surface area contributed by atoms with Crippen molar-refractivity contribution in [1.29, 1.82) is 0 Å². The fourth-order valence-corrected chi connectivity index (χ4v) is 17.8. The van der Waals surface area contributed by atoms with Gasteiger partial charge in [-0.15, -0.1) is 0 Å². The van der Waals surface area contributed by atoms with Crippen molar-refractivity contribution < 1.29 is 34.8 Å². The lowest BCUT2D eigenvalue weighted by Crippen LogP contribution is -2.50. The highest BCUT2D eigenvalue weighted by atomic mass is 33.1. The summed E-state index contributed by atoms with van der Waals surface area (Å²) in [6.07, 6.45) is 11.9. The number of β-amino-alcohol motifs (C(OH)–C–C–N with tert-alkyl or cyclic N) is 1. The molecule has 13 heteroatoms. The molecule has 5 aromatic rings. The molecule has 8 N–H and O–H groups in total. The number of rotatable bonds is 4. The molecule has 11 rings (SSSR count). The van der Waals surface area contributed by atoms with E-state index in [9.17, 15) is 25.2 Å². The average Bonchev–Trinajstić information content (AvgIpc) is 4.03. The summed E-state index contributed by atoms with van der Waals surface area (Å²) in [4.78, 5) is 33.6. The third-order valence-electron chi connectivity index (χ3n) is 19.0. The molecular weight excluding hydrogens is 1040 g/mol. The molecule has 12 bridgehead atoms. The highest BCUT2D eigenvalue weighted by Gasteiger charge is 2.51. The number of aromatic amines is 1. The number of fused-ring (bicyclic) bond motifs is 8. The minimum Gasteiger partial charge on any atom is -0.504 e. The number of nitrogens with one attached hydrogen (secondary N) is 4. The Labute approximate surface area is 480 Å².